The quantitative estimate of drug-likeness (QED) is 0.625. The minimum absolute atomic E-state index is 0.0599. The highest BCUT2D eigenvalue weighted by atomic mass is 32.2. The molecule has 0 unspecified atom stereocenters. The zero-order valence-electron chi connectivity index (χ0n) is 16.9. The third kappa shape index (κ3) is 4.62. The van der Waals surface area contributed by atoms with Gasteiger partial charge in [0.05, 0.1) is 5.25 Å². The number of benzene rings is 2. The first-order chi connectivity index (χ1) is 13.3. The summed E-state index contributed by atoms with van der Waals surface area (Å²) in [4.78, 5) is 12.4. The highest BCUT2D eigenvalue weighted by Gasteiger charge is 2.20. The molecule has 0 aliphatic heterocycles. The number of nitrogens with one attached hydrogen (secondary N) is 1. The van der Waals surface area contributed by atoms with Gasteiger partial charge in [-0.15, -0.1) is 10.2 Å². The number of para-hydroxylation sites is 1. The minimum Gasteiger partial charge on any atom is -0.325 e. The molecule has 2 aromatic carbocycles. The van der Waals surface area contributed by atoms with Crippen molar-refractivity contribution in [3.8, 4) is 11.4 Å². The van der Waals surface area contributed by atoms with Gasteiger partial charge in [0.15, 0.2) is 11.0 Å². The molecule has 1 amide bonds. The summed E-state index contributed by atoms with van der Waals surface area (Å²) in [6, 6.07) is 17.9. The Morgan fingerprint density at radius 2 is 1.68 bits per heavy atom. The fourth-order valence-corrected chi connectivity index (χ4v) is 3.58. The average Bonchev–Trinajstić information content (AvgIpc) is 3.02. The molecule has 3 rings (SSSR count). The van der Waals surface area contributed by atoms with E-state index < -0.39 is 0 Å². The lowest BCUT2D eigenvalue weighted by atomic mass is 9.87. The molecule has 0 aliphatic carbocycles. The van der Waals surface area contributed by atoms with Crippen LogP contribution in [0.3, 0.4) is 0 Å². The molecule has 1 N–H and O–H groups in total. The van der Waals surface area contributed by atoms with Crippen molar-refractivity contribution in [2.75, 3.05) is 5.32 Å². The lowest BCUT2D eigenvalue weighted by molar-refractivity contribution is -0.115. The maximum atomic E-state index is 12.4. The molecule has 0 fully saturated rings. The van der Waals surface area contributed by atoms with Crippen molar-refractivity contribution in [1.29, 1.82) is 0 Å². The van der Waals surface area contributed by atoms with E-state index in [0.717, 1.165) is 17.1 Å². The van der Waals surface area contributed by atoms with Crippen LogP contribution >= 0.6 is 11.8 Å². The molecule has 146 valence electrons. The van der Waals surface area contributed by atoms with Gasteiger partial charge in [-0.05, 0) is 30.0 Å². The van der Waals surface area contributed by atoms with Gasteiger partial charge >= 0.3 is 0 Å². The number of hydrogen-bond donors (Lipinski definition) is 1. The van der Waals surface area contributed by atoms with E-state index >= 15 is 0 Å². The van der Waals surface area contributed by atoms with Gasteiger partial charge in [-0.2, -0.15) is 0 Å². The van der Waals surface area contributed by atoms with E-state index in [-0.39, 0.29) is 16.6 Å². The maximum Gasteiger partial charge on any atom is 0.237 e. The van der Waals surface area contributed by atoms with Crippen LogP contribution in [0.15, 0.2) is 59.8 Å². The predicted molar refractivity (Wildman–Crippen MR) is 116 cm³/mol. The number of carbonyl (C=O) groups is 1. The van der Waals surface area contributed by atoms with Crippen LogP contribution in [0.1, 0.15) is 33.3 Å². The van der Waals surface area contributed by atoms with E-state index in [1.807, 2.05) is 48.9 Å². The standard InChI is InChI=1S/C22H26N4OS/c1-15(20(27)23-18-9-7-6-8-10-18)28-21-25-24-19(26(21)5)16-11-13-17(14-12-16)22(2,3)4/h6-15H,1-5H3,(H,23,27)/t15-/m0/s1. The molecule has 0 saturated carbocycles. The summed E-state index contributed by atoms with van der Waals surface area (Å²) >= 11 is 1.40. The number of aromatic nitrogens is 3. The maximum absolute atomic E-state index is 12.4. The lowest BCUT2D eigenvalue weighted by Crippen LogP contribution is -2.22. The fraction of sp³-hybridized carbons (Fsp3) is 0.318. The molecular formula is C22H26N4OS. The molecule has 0 bridgehead atoms. The van der Waals surface area contributed by atoms with Gasteiger partial charge < -0.3 is 9.88 Å². The summed E-state index contributed by atoms with van der Waals surface area (Å²) in [7, 11) is 1.93. The molecular weight excluding hydrogens is 368 g/mol. The van der Waals surface area contributed by atoms with Gasteiger partial charge in [-0.1, -0.05) is 75.0 Å². The predicted octanol–water partition coefficient (Wildman–Crippen LogP) is 4.90. The summed E-state index contributed by atoms with van der Waals surface area (Å²) in [5, 5.41) is 12.0. The van der Waals surface area contributed by atoms with Crippen molar-refractivity contribution in [2.24, 2.45) is 7.05 Å². The van der Waals surface area contributed by atoms with Crippen molar-refractivity contribution in [2.45, 2.75) is 43.5 Å². The number of carbonyl (C=O) groups excluding carboxylic acids is 1. The van der Waals surface area contributed by atoms with Crippen LogP contribution in [0.4, 0.5) is 5.69 Å². The van der Waals surface area contributed by atoms with E-state index in [4.69, 9.17) is 0 Å². The van der Waals surface area contributed by atoms with Gasteiger partial charge in [-0.3, -0.25) is 4.79 Å². The topological polar surface area (TPSA) is 59.8 Å². The van der Waals surface area contributed by atoms with Gasteiger partial charge in [0.25, 0.3) is 0 Å². The first-order valence-electron chi connectivity index (χ1n) is 9.28. The second-order valence-electron chi connectivity index (χ2n) is 7.81. The van der Waals surface area contributed by atoms with Gasteiger partial charge in [0.1, 0.15) is 0 Å². The number of hydrogen-bond acceptors (Lipinski definition) is 4. The van der Waals surface area contributed by atoms with Crippen molar-refractivity contribution < 1.29 is 4.79 Å². The Kier molecular flexibility index (Phi) is 5.89. The number of nitrogens with zero attached hydrogens (tertiary/aromatic N) is 3. The second-order valence-corrected chi connectivity index (χ2v) is 9.12. The zero-order chi connectivity index (χ0) is 20.3. The van der Waals surface area contributed by atoms with E-state index in [9.17, 15) is 4.79 Å². The SMILES string of the molecule is C[C@H](Sc1nnc(-c2ccc(C(C)(C)C)cc2)n1C)C(=O)Nc1ccccc1. The summed E-state index contributed by atoms with van der Waals surface area (Å²) in [6.45, 7) is 8.46. The number of anilines is 1. The molecule has 5 nitrogen and oxygen atoms in total. The number of thioether (sulfide) groups is 1. The molecule has 1 atom stereocenters. The smallest absolute Gasteiger partial charge is 0.237 e. The Hall–Kier alpha value is -2.60. The Morgan fingerprint density at radius 3 is 2.29 bits per heavy atom. The Balaban J connectivity index is 1.71. The van der Waals surface area contributed by atoms with Crippen LogP contribution in [0, 0.1) is 0 Å². The molecule has 3 aromatic rings. The highest BCUT2D eigenvalue weighted by molar-refractivity contribution is 8.00. The molecule has 1 aromatic heterocycles. The van der Waals surface area contributed by atoms with Crippen molar-refractivity contribution in [3.63, 3.8) is 0 Å². The summed E-state index contributed by atoms with van der Waals surface area (Å²) in [5.41, 5.74) is 3.19. The lowest BCUT2D eigenvalue weighted by Gasteiger charge is -2.19. The Bertz CT molecular complexity index is 943. The monoisotopic (exact) mass is 394 g/mol. The Morgan fingerprint density at radius 1 is 1.04 bits per heavy atom. The summed E-state index contributed by atoms with van der Waals surface area (Å²) in [6.07, 6.45) is 0. The first kappa shape index (κ1) is 20.1. The largest absolute Gasteiger partial charge is 0.325 e. The van der Waals surface area contributed by atoms with Crippen molar-refractivity contribution >= 4 is 23.4 Å². The van der Waals surface area contributed by atoms with Gasteiger partial charge in [0.2, 0.25) is 5.91 Å². The average molecular weight is 395 g/mol. The molecule has 0 aliphatic rings. The van der Waals surface area contributed by atoms with Crippen molar-refractivity contribution in [3.05, 3.63) is 60.2 Å². The molecule has 1 heterocycles. The molecule has 28 heavy (non-hydrogen) atoms. The minimum atomic E-state index is -0.292. The van der Waals surface area contributed by atoms with Gasteiger partial charge in [-0.25, -0.2) is 0 Å². The van der Waals surface area contributed by atoms with Crippen LogP contribution in [0.5, 0.6) is 0 Å². The summed E-state index contributed by atoms with van der Waals surface area (Å²) < 4.78 is 1.93. The number of rotatable bonds is 5. The Labute approximate surface area is 170 Å². The van der Waals surface area contributed by atoms with Gasteiger partial charge in [0, 0.05) is 18.3 Å². The van der Waals surface area contributed by atoms with Crippen LogP contribution < -0.4 is 5.32 Å². The molecule has 0 spiro atoms. The van der Waals surface area contributed by atoms with Crippen molar-refractivity contribution in [1.82, 2.24) is 14.8 Å². The van der Waals surface area contributed by atoms with E-state index in [0.29, 0.717) is 5.16 Å². The number of amides is 1. The first-order valence-corrected chi connectivity index (χ1v) is 10.2. The third-order valence-corrected chi connectivity index (χ3v) is 5.67. The zero-order valence-corrected chi connectivity index (χ0v) is 17.7. The van der Waals surface area contributed by atoms with E-state index in [2.05, 4.69) is 60.6 Å². The summed E-state index contributed by atoms with van der Waals surface area (Å²) in [5.74, 6) is 0.730. The molecule has 0 radical (unpaired) electrons. The van der Waals surface area contributed by atoms with E-state index in [1.165, 1.54) is 17.3 Å². The fourth-order valence-electron chi connectivity index (χ4n) is 2.77. The van der Waals surface area contributed by atoms with E-state index in [1.54, 1.807) is 0 Å². The van der Waals surface area contributed by atoms with Crippen LogP contribution in [-0.4, -0.2) is 25.9 Å². The van der Waals surface area contributed by atoms with Crippen LogP contribution in [0.2, 0.25) is 0 Å². The molecule has 6 heteroatoms. The second kappa shape index (κ2) is 8.19. The molecule has 0 saturated heterocycles. The normalized spacial score (nSPS) is 12.6. The van der Waals surface area contributed by atoms with Crippen LogP contribution in [0.25, 0.3) is 11.4 Å². The highest BCUT2D eigenvalue weighted by Crippen LogP contribution is 2.28. The van der Waals surface area contributed by atoms with Crippen LogP contribution in [-0.2, 0) is 17.3 Å². The third-order valence-electron chi connectivity index (χ3n) is 4.54.